The monoisotopic (exact) mass is 478 g/mol. The number of thiophene rings is 1. The maximum atomic E-state index is 12.9. The van der Waals surface area contributed by atoms with E-state index in [1.807, 2.05) is 56.3 Å². The second kappa shape index (κ2) is 9.24. The molecule has 0 spiro atoms. The lowest BCUT2D eigenvalue weighted by Crippen LogP contribution is -2.41. The number of fused-ring (bicyclic) bond motifs is 1. The van der Waals surface area contributed by atoms with E-state index in [0.29, 0.717) is 4.88 Å². The van der Waals surface area contributed by atoms with Gasteiger partial charge in [-0.3, -0.25) is 4.79 Å². The maximum absolute atomic E-state index is 12.9. The van der Waals surface area contributed by atoms with Crippen molar-refractivity contribution in [2.45, 2.75) is 30.5 Å². The van der Waals surface area contributed by atoms with Gasteiger partial charge in [0.25, 0.3) is 10.0 Å². The molecule has 3 N–H and O–H groups in total. The van der Waals surface area contributed by atoms with Crippen LogP contribution in [-0.4, -0.2) is 30.5 Å². The van der Waals surface area contributed by atoms with Gasteiger partial charge in [-0.1, -0.05) is 41.2 Å². The number of aromatic amines is 1. The predicted molar refractivity (Wildman–Crippen MR) is 130 cm³/mol. The Bertz CT molecular complexity index is 1490. The summed E-state index contributed by atoms with van der Waals surface area (Å²) in [7, 11) is -4.03. The molecule has 4 aromatic rings. The van der Waals surface area contributed by atoms with E-state index in [2.05, 4.69) is 21.5 Å². The molecule has 33 heavy (non-hydrogen) atoms. The molecule has 0 aliphatic carbocycles. The number of hydrogen-bond donors (Lipinski definition) is 3. The van der Waals surface area contributed by atoms with Gasteiger partial charge in [-0.2, -0.15) is 4.72 Å². The van der Waals surface area contributed by atoms with Crippen molar-refractivity contribution in [1.82, 2.24) is 9.71 Å². The van der Waals surface area contributed by atoms with Gasteiger partial charge in [0.1, 0.15) is 10.3 Å². The van der Waals surface area contributed by atoms with E-state index >= 15 is 0 Å². The number of nitrogens with one attached hydrogen (secondary N) is 2. The smallest absolute Gasteiger partial charge is 0.322 e. The summed E-state index contributed by atoms with van der Waals surface area (Å²) in [6.45, 7) is 3.94. The Labute approximate surface area is 196 Å². The number of sulfonamides is 1. The molecular formula is C25H22N2O4S2. The minimum Gasteiger partial charge on any atom is -0.480 e. The van der Waals surface area contributed by atoms with Crippen LogP contribution in [0.3, 0.4) is 0 Å². The van der Waals surface area contributed by atoms with Crippen molar-refractivity contribution in [3.8, 4) is 11.8 Å². The second-order valence-electron chi connectivity index (χ2n) is 7.81. The first-order valence-corrected chi connectivity index (χ1v) is 12.5. The Kier molecular flexibility index (Phi) is 6.38. The summed E-state index contributed by atoms with van der Waals surface area (Å²) >= 11 is 1.01. The van der Waals surface area contributed by atoms with E-state index in [1.165, 1.54) is 6.07 Å². The molecule has 0 saturated heterocycles. The van der Waals surface area contributed by atoms with Gasteiger partial charge < -0.3 is 10.1 Å². The van der Waals surface area contributed by atoms with E-state index in [9.17, 15) is 18.3 Å². The van der Waals surface area contributed by atoms with E-state index in [0.717, 1.165) is 44.5 Å². The van der Waals surface area contributed by atoms with Crippen molar-refractivity contribution >= 4 is 38.2 Å². The topological polar surface area (TPSA) is 99.3 Å². The van der Waals surface area contributed by atoms with Gasteiger partial charge in [0.15, 0.2) is 0 Å². The standard InChI is InChI=1S/C25H22N2O4S2/c1-16-3-6-18(7-4-16)8-9-20-10-12-24(32-20)33(30,31)27-23(25(28)29)14-19-15-26-22-11-5-17(2)13-21(19)22/h3-7,10-13,15,23,26-27H,14H2,1-2H3,(H,28,29)/t23-/m1/s1. The second-order valence-corrected chi connectivity index (χ2v) is 10.8. The molecule has 0 bridgehead atoms. The molecule has 4 rings (SSSR count). The van der Waals surface area contributed by atoms with E-state index in [1.54, 1.807) is 12.3 Å². The highest BCUT2D eigenvalue weighted by Gasteiger charge is 2.27. The summed E-state index contributed by atoms with van der Waals surface area (Å²) < 4.78 is 28.2. The summed E-state index contributed by atoms with van der Waals surface area (Å²) in [5.74, 6) is 4.74. The number of rotatable bonds is 6. The first-order chi connectivity index (χ1) is 15.7. The van der Waals surface area contributed by atoms with Crippen LogP contribution >= 0.6 is 11.3 Å². The van der Waals surface area contributed by atoms with Crippen LogP contribution in [0, 0.1) is 25.7 Å². The quantitative estimate of drug-likeness (QED) is 0.361. The number of aryl methyl sites for hydroxylation is 2. The molecule has 1 atom stereocenters. The number of carboxylic acid groups (broad SMARTS) is 1. The van der Waals surface area contributed by atoms with Gasteiger partial charge >= 0.3 is 5.97 Å². The molecule has 2 aromatic heterocycles. The molecule has 0 unspecified atom stereocenters. The first kappa shape index (κ1) is 22.8. The van der Waals surface area contributed by atoms with Crippen LogP contribution in [0.2, 0.25) is 0 Å². The van der Waals surface area contributed by atoms with Crippen molar-refractivity contribution < 1.29 is 18.3 Å². The molecule has 2 heterocycles. The van der Waals surface area contributed by atoms with Gasteiger partial charge in [0.05, 0.1) is 4.88 Å². The zero-order chi connectivity index (χ0) is 23.6. The van der Waals surface area contributed by atoms with Gasteiger partial charge in [0.2, 0.25) is 0 Å². The Morgan fingerprint density at radius 1 is 1.06 bits per heavy atom. The molecule has 2 aromatic carbocycles. The zero-order valence-electron chi connectivity index (χ0n) is 18.0. The summed E-state index contributed by atoms with van der Waals surface area (Å²) in [4.78, 5) is 15.6. The van der Waals surface area contributed by atoms with Crippen molar-refractivity contribution in [2.75, 3.05) is 0 Å². The third-order valence-electron chi connectivity index (χ3n) is 5.17. The lowest BCUT2D eigenvalue weighted by Gasteiger charge is -2.13. The maximum Gasteiger partial charge on any atom is 0.322 e. The Morgan fingerprint density at radius 2 is 1.79 bits per heavy atom. The fraction of sp³-hybridized carbons (Fsp3) is 0.160. The average molecular weight is 479 g/mol. The largest absolute Gasteiger partial charge is 0.480 e. The molecule has 8 heteroatoms. The predicted octanol–water partition coefficient (Wildman–Crippen LogP) is 4.22. The van der Waals surface area contributed by atoms with Crippen LogP contribution in [-0.2, 0) is 21.2 Å². The molecule has 0 aliphatic heterocycles. The van der Waals surface area contributed by atoms with Crippen LogP contribution in [0.4, 0.5) is 0 Å². The van der Waals surface area contributed by atoms with Gasteiger partial charge in [-0.25, -0.2) is 8.42 Å². The van der Waals surface area contributed by atoms with E-state index < -0.39 is 22.0 Å². The Balaban J connectivity index is 1.53. The van der Waals surface area contributed by atoms with Gasteiger partial charge in [-0.15, -0.1) is 11.3 Å². The zero-order valence-corrected chi connectivity index (χ0v) is 19.7. The highest BCUT2D eigenvalue weighted by atomic mass is 32.2. The van der Waals surface area contributed by atoms with Crippen LogP contribution < -0.4 is 4.72 Å². The van der Waals surface area contributed by atoms with Crippen molar-refractivity contribution in [3.05, 3.63) is 87.9 Å². The van der Waals surface area contributed by atoms with Gasteiger partial charge in [0, 0.05) is 29.1 Å². The van der Waals surface area contributed by atoms with Crippen molar-refractivity contribution in [1.29, 1.82) is 0 Å². The molecule has 0 amide bonds. The molecule has 0 aliphatic rings. The summed E-state index contributed by atoms with van der Waals surface area (Å²) in [5.41, 5.74) is 4.61. The number of aliphatic carboxylic acids is 1. The number of aromatic nitrogens is 1. The number of carboxylic acids is 1. The van der Waals surface area contributed by atoms with E-state index in [-0.39, 0.29) is 10.6 Å². The highest BCUT2D eigenvalue weighted by molar-refractivity contribution is 7.91. The molecule has 0 saturated carbocycles. The van der Waals surface area contributed by atoms with Crippen molar-refractivity contribution in [2.24, 2.45) is 0 Å². The molecule has 6 nitrogen and oxygen atoms in total. The molecule has 0 radical (unpaired) electrons. The summed E-state index contributed by atoms with van der Waals surface area (Å²) in [6, 6.07) is 15.3. The lowest BCUT2D eigenvalue weighted by atomic mass is 10.0. The Morgan fingerprint density at radius 3 is 2.52 bits per heavy atom. The number of hydrogen-bond acceptors (Lipinski definition) is 4. The van der Waals surface area contributed by atoms with Crippen molar-refractivity contribution in [3.63, 3.8) is 0 Å². The fourth-order valence-corrected chi connectivity index (χ4v) is 5.77. The third kappa shape index (κ3) is 5.34. The number of benzene rings is 2. The van der Waals surface area contributed by atoms with Crippen LogP contribution in [0.5, 0.6) is 0 Å². The highest BCUT2D eigenvalue weighted by Crippen LogP contribution is 2.24. The van der Waals surface area contributed by atoms with E-state index in [4.69, 9.17) is 0 Å². The normalized spacial score (nSPS) is 12.3. The lowest BCUT2D eigenvalue weighted by molar-refractivity contribution is -0.138. The first-order valence-electron chi connectivity index (χ1n) is 10.2. The number of H-pyrrole nitrogens is 1. The minimum atomic E-state index is -4.03. The fourth-order valence-electron chi connectivity index (χ4n) is 3.41. The summed E-state index contributed by atoms with van der Waals surface area (Å²) in [5, 5.41) is 10.6. The van der Waals surface area contributed by atoms with Crippen LogP contribution in [0.25, 0.3) is 10.9 Å². The Hall–Kier alpha value is -3.38. The summed E-state index contributed by atoms with van der Waals surface area (Å²) in [6.07, 6.45) is 1.74. The number of carbonyl (C=O) groups is 1. The minimum absolute atomic E-state index is 0.0173. The molecular weight excluding hydrogens is 456 g/mol. The van der Waals surface area contributed by atoms with Crippen LogP contribution in [0.15, 0.2) is 65.0 Å². The molecule has 168 valence electrons. The average Bonchev–Trinajstić information content (AvgIpc) is 3.40. The SMILES string of the molecule is Cc1ccc(C#Cc2ccc(S(=O)(=O)N[C@H](Cc3c[nH]c4ccc(C)cc34)C(=O)O)s2)cc1. The van der Waals surface area contributed by atoms with Gasteiger partial charge in [-0.05, 0) is 55.8 Å². The van der Waals surface area contributed by atoms with Crippen LogP contribution in [0.1, 0.15) is 27.1 Å². The molecule has 0 fully saturated rings. The third-order valence-corrected chi connectivity index (χ3v) is 8.13.